The van der Waals surface area contributed by atoms with Gasteiger partial charge in [-0.05, 0) is 172 Å². The van der Waals surface area contributed by atoms with Crippen LogP contribution < -0.4 is 0 Å². The summed E-state index contributed by atoms with van der Waals surface area (Å²) in [4.78, 5) is 23.7. The van der Waals surface area contributed by atoms with Gasteiger partial charge in [0.2, 0.25) is 0 Å². The summed E-state index contributed by atoms with van der Waals surface area (Å²) >= 11 is 0. The lowest BCUT2D eigenvalue weighted by atomic mass is 9.80. The number of benzene rings is 9. The molecule has 15 aromatic rings. The van der Waals surface area contributed by atoms with E-state index >= 15 is 0 Å². The second-order valence-corrected chi connectivity index (χ2v) is 28.2. The molecule has 0 bridgehead atoms. The average molecular weight is 1050 g/mol. The lowest BCUT2D eigenvalue weighted by Crippen LogP contribution is -2.15. The van der Waals surface area contributed by atoms with Gasteiger partial charge in [0.1, 0.15) is 22.6 Å². The fraction of sp³-hybridized carbons (Fsp3) is 0.351. The summed E-state index contributed by atoms with van der Waals surface area (Å²) in [6.07, 6.45) is 3.86. The monoisotopic (exact) mass is 1050 g/mol. The molecule has 0 saturated heterocycles. The molecule has 0 spiro atoms. The van der Waals surface area contributed by atoms with E-state index in [0.29, 0.717) is 0 Å². The van der Waals surface area contributed by atoms with Crippen molar-refractivity contribution in [2.45, 2.75) is 170 Å². The zero-order valence-electron chi connectivity index (χ0n) is 49.9. The van der Waals surface area contributed by atoms with Crippen molar-refractivity contribution in [3.05, 3.63) is 119 Å². The number of aromatic nitrogens is 6. The smallest absolute Gasteiger partial charge is 0.143 e. The average Bonchev–Trinajstić information content (AvgIpc) is 3.60. The van der Waals surface area contributed by atoms with Gasteiger partial charge in [0.05, 0.1) is 22.1 Å². The van der Waals surface area contributed by atoms with E-state index in [0.717, 1.165) is 70.3 Å². The van der Waals surface area contributed by atoms with Crippen LogP contribution in [0.25, 0.3) is 152 Å². The van der Waals surface area contributed by atoms with Crippen LogP contribution in [0.4, 0.5) is 0 Å². The molecule has 0 aliphatic rings. The predicted molar refractivity (Wildman–Crippen MR) is 346 cm³/mol. The van der Waals surface area contributed by atoms with Crippen LogP contribution in [-0.4, -0.2) is 29.1 Å². The highest BCUT2D eigenvalue weighted by molar-refractivity contribution is 6.50. The van der Waals surface area contributed by atoms with Gasteiger partial charge < -0.3 is 9.13 Å². The second-order valence-electron chi connectivity index (χ2n) is 28.2. The molecule has 15 rings (SSSR count). The first-order valence-electron chi connectivity index (χ1n) is 29.9. The normalized spacial score (nSPS) is 13.9. The standard InChI is InChI=1S/C74H74N6/c1-17-41(18-2)79-67-61-47(43-25-21-37(71(5,6)7)29-55(43)75-67)33-51-53-35-49-45-27-23-39(73(11,12)13)31-57(45)77-69-63(49)66-60(53)54(52-34-48-44-26-22-38(72(8,9)10)30-56(44)76-68(79)62(48)65(61)59(51)52)36-50-46-28-24-40(74(14,15)16)32-58(46)78-70(64(50)66)80(69)42(19-3)20-4/h21-36,41-42H,17-20H2,1-16H3. The lowest BCUT2D eigenvalue weighted by Gasteiger charge is -2.29. The number of hydrogen-bond acceptors (Lipinski definition) is 4. The van der Waals surface area contributed by atoms with E-state index in [1.165, 1.54) is 130 Å². The van der Waals surface area contributed by atoms with Crippen LogP contribution in [0.2, 0.25) is 0 Å². The minimum Gasteiger partial charge on any atom is -0.307 e. The summed E-state index contributed by atoms with van der Waals surface area (Å²) in [6.45, 7) is 37.1. The van der Waals surface area contributed by atoms with Crippen molar-refractivity contribution >= 4 is 152 Å². The highest BCUT2D eigenvalue weighted by Gasteiger charge is 2.33. The molecule has 80 heavy (non-hydrogen) atoms. The minimum absolute atomic E-state index is 0.0541. The number of hydrogen-bond donors (Lipinski definition) is 0. The van der Waals surface area contributed by atoms with Gasteiger partial charge in [0.25, 0.3) is 0 Å². The fourth-order valence-electron chi connectivity index (χ4n) is 14.8. The minimum atomic E-state index is -0.0541. The quantitative estimate of drug-likeness (QED) is 0.123. The third kappa shape index (κ3) is 6.54. The van der Waals surface area contributed by atoms with Crippen molar-refractivity contribution in [1.82, 2.24) is 29.1 Å². The van der Waals surface area contributed by atoms with Gasteiger partial charge in [-0.25, -0.2) is 19.9 Å². The zero-order valence-corrected chi connectivity index (χ0v) is 49.9. The summed E-state index contributed by atoms with van der Waals surface area (Å²) in [6, 6.07) is 39.1. The van der Waals surface area contributed by atoms with Crippen LogP contribution in [-0.2, 0) is 21.7 Å². The Bertz CT molecular complexity index is 4520. The van der Waals surface area contributed by atoms with E-state index < -0.39 is 0 Å². The third-order valence-corrected chi connectivity index (χ3v) is 19.3. The van der Waals surface area contributed by atoms with Crippen LogP contribution >= 0.6 is 0 Å². The maximum atomic E-state index is 5.92. The van der Waals surface area contributed by atoms with Gasteiger partial charge in [-0.1, -0.05) is 159 Å². The molecular formula is C74H74N6. The second kappa shape index (κ2) is 16.1. The van der Waals surface area contributed by atoms with Gasteiger partial charge in [0, 0.05) is 65.9 Å². The van der Waals surface area contributed by atoms with Crippen molar-refractivity contribution in [3.63, 3.8) is 0 Å². The molecule has 400 valence electrons. The molecule has 0 radical (unpaired) electrons. The number of rotatable bonds is 6. The van der Waals surface area contributed by atoms with Crippen molar-refractivity contribution in [1.29, 1.82) is 0 Å². The Morgan fingerprint density at radius 1 is 0.275 bits per heavy atom. The number of pyridine rings is 6. The summed E-state index contributed by atoms with van der Waals surface area (Å²) in [5.74, 6) is 0. The molecule has 6 heteroatoms. The topological polar surface area (TPSA) is 61.4 Å². The fourth-order valence-corrected chi connectivity index (χ4v) is 14.8. The molecule has 9 aromatic carbocycles. The summed E-state index contributed by atoms with van der Waals surface area (Å²) < 4.78 is 5.14. The third-order valence-electron chi connectivity index (χ3n) is 19.3. The molecule has 0 aliphatic heterocycles. The molecule has 0 saturated carbocycles. The zero-order chi connectivity index (χ0) is 55.8. The Hall–Kier alpha value is -7.44. The van der Waals surface area contributed by atoms with E-state index in [4.69, 9.17) is 19.9 Å². The van der Waals surface area contributed by atoms with Crippen LogP contribution in [0.3, 0.4) is 0 Å². The maximum absolute atomic E-state index is 5.92. The number of nitrogens with zero attached hydrogens (tertiary/aromatic N) is 6. The highest BCUT2D eigenvalue weighted by Crippen LogP contribution is 2.55. The molecule has 6 nitrogen and oxygen atoms in total. The first kappa shape index (κ1) is 49.6. The van der Waals surface area contributed by atoms with Gasteiger partial charge in [-0.15, -0.1) is 0 Å². The van der Waals surface area contributed by atoms with E-state index in [9.17, 15) is 0 Å². The van der Waals surface area contributed by atoms with Crippen molar-refractivity contribution in [3.8, 4) is 0 Å². The summed E-state index contributed by atoms with van der Waals surface area (Å²) in [5, 5.41) is 24.9. The first-order valence-corrected chi connectivity index (χ1v) is 29.9. The number of fused-ring (bicyclic) bond motifs is 10. The lowest BCUT2D eigenvalue weighted by molar-refractivity contribution is 0.492. The van der Waals surface area contributed by atoms with Gasteiger partial charge >= 0.3 is 0 Å². The van der Waals surface area contributed by atoms with E-state index in [2.05, 4.69) is 217 Å². The molecule has 0 unspecified atom stereocenters. The molecule has 0 amide bonds. The summed E-state index contributed by atoms with van der Waals surface area (Å²) in [7, 11) is 0. The Balaban J connectivity index is 1.28. The van der Waals surface area contributed by atoms with Gasteiger partial charge in [-0.3, -0.25) is 0 Å². The molecule has 6 aromatic heterocycles. The SMILES string of the molecule is CCC(CC)n1c2nc3cc(C(C)(C)C)ccc3c3cc4c5cc6c7ccc(C(C)(C)C)cc7nc7c6c6c5c(cc5c8ccc(C(C)(C)C)cc8nc(c56)n7C(CC)CC)c5cc6c7ccc(C(C)(C)C)cc7nc1c6c(c45)c32. The van der Waals surface area contributed by atoms with E-state index in [1.54, 1.807) is 0 Å². The molecule has 6 heterocycles. The van der Waals surface area contributed by atoms with Crippen LogP contribution in [0.1, 0.15) is 171 Å². The Kier molecular flexibility index (Phi) is 10.0. The summed E-state index contributed by atoms with van der Waals surface area (Å²) in [5.41, 5.74) is 13.2. The van der Waals surface area contributed by atoms with E-state index in [1.807, 2.05) is 0 Å². The first-order chi connectivity index (χ1) is 38.0. The van der Waals surface area contributed by atoms with Crippen LogP contribution in [0.5, 0.6) is 0 Å². The van der Waals surface area contributed by atoms with E-state index in [-0.39, 0.29) is 33.7 Å². The molecular weight excluding hydrogens is 973 g/mol. The van der Waals surface area contributed by atoms with Crippen LogP contribution in [0.15, 0.2) is 97.1 Å². The molecule has 0 aliphatic carbocycles. The van der Waals surface area contributed by atoms with Crippen molar-refractivity contribution < 1.29 is 0 Å². The molecule has 0 N–H and O–H groups in total. The highest BCUT2D eigenvalue weighted by atomic mass is 15.1. The van der Waals surface area contributed by atoms with Crippen molar-refractivity contribution in [2.24, 2.45) is 0 Å². The van der Waals surface area contributed by atoms with Gasteiger partial charge in [0.15, 0.2) is 0 Å². The largest absolute Gasteiger partial charge is 0.307 e. The molecule has 0 fully saturated rings. The maximum Gasteiger partial charge on any atom is 0.143 e. The van der Waals surface area contributed by atoms with Crippen molar-refractivity contribution in [2.75, 3.05) is 0 Å². The van der Waals surface area contributed by atoms with Gasteiger partial charge in [-0.2, -0.15) is 0 Å². The Labute approximate surface area is 468 Å². The Morgan fingerprint density at radius 3 is 0.688 bits per heavy atom. The Morgan fingerprint density at radius 2 is 0.487 bits per heavy atom. The predicted octanol–water partition coefficient (Wildman–Crippen LogP) is 21.2. The van der Waals surface area contributed by atoms with Crippen LogP contribution in [0, 0.1) is 0 Å². The molecule has 0 atom stereocenters.